The van der Waals surface area contributed by atoms with Crippen LogP contribution in [0.25, 0.3) is 0 Å². The molecule has 0 radical (unpaired) electrons. The number of rotatable bonds is 4. The zero-order valence-corrected chi connectivity index (χ0v) is 16.3. The third-order valence-corrected chi connectivity index (χ3v) is 5.98. The Morgan fingerprint density at radius 2 is 1.72 bits per heavy atom. The molecular weight excluding hydrogens is 371 g/mol. The molecule has 5 nitrogen and oxygen atoms in total. The van der Waals surface area contributed by atoms with Crippen LogP contribution in [-0.2, 0) is 17.6 Å². The lowest BCUT2D eigenvalue weighted by atomic mass is 10.1. The van der Waals surface area contributed by atoms with Crippen LogP contribution in [0.5, 0.6) is 0 Å². The largest absolute Gasteiger partial charge is 0.391 e. The second-order valence-corrected chi connectivity index (χ2v) is 8.18. The molecule has 0 aliphatic heterocycles. The second-order valence-electron chi connectivity index (χ2n) is 8.18. The smallest absolute Gasteiger partial charge is 0.254 e. The summed E-state index contributed by atoms with van der Waals surface area (Å²) < 4.78 is 13.9. The van der Waals surface area contributed by atoms with Crippen molar-refractivity contribution in [3.63, 3.8) is 0 Å². The first-order chi connectivity index (χ1) is 13.9. The van der Waals surface area contributed by atoms with Crippen molar-refractivity contribution in [3.05, 3.63) is 70.5 Å². The first-order valence-corrected chi connectivity index (χ1v) is 10.0. The van der Waals surface area contributed by atoms with E-state index >= 15 is 0 Å². The van der Waals surface area contributed by atoms with E-state index in [0.717, 1.165) is 18.4 Å². The molecule has 2 aliphatic rings. The maximum Gasteiger partial charge on any atom is 0.254 e. The summed E-state index contributed by atoms with van der Waals surface area (Å²) >= 11 is 0. The number of aliphatic hydroxyl groups is 1. The average molecular weight is 396 g/mol. The van der Waals surface area contributed by atoms with Gasteiger partial charge in [-0.3, -0.25) is 9.59 Å². The number of fused-ring (bicyclic) bond motifs is 1. The van der Waals surface area contributed by atoms with Crippen LogP contribution in [0.1, 0.15) is 39.9 Å². The van der Waals surface area contributed by atoms with Crippen molar-refractivity contribution < 1.29 is 19.1 Å². The molecule has 1 fully saturated rings. The molecule has 6 heteroatoms. The molecular formula is C23H25FN2O3. The molecule has 3 N–H and O–H groups in total. The molecule has 3 atom stereocenters. The number of benzene rings is 2. The van der Waals surface area contributed by atoms with E-state index in [4.69, 9.17) is 0 Å². The minimum Gasteiger partial charge on any atom is -0.391 e. The maximum absolute atomic E-state index is 13.9. The summed E-state index contributed by atoms with van der Waals surface area (Å²) in [5.41, 5.74) is 3.25. The van der Waals surface area contributed by atoms with Gasteiger partial charge in [0.2, 0.25) is 5.91 Å². The van der Waals surface area contributed by atoms with Gasteiger partial charge in [0, 0.05) is 12.0 Å². The Morgan fingerprint density at radius 1 is 1.03 bits per heavy atom. The predicted octanol–water partition coefficient (Wildman–Crippen LogP) is 2.29. The highest BCUT2D eigenvalue weighted by atomic mass is 19.1. The Bertz CT molecular complexity index is 920. The summed E-state index contributed by atoms with van der Waals surface area (Å²) in [6.45, 7) is 1.78. The SMILES string of the molecule is Cc1ccc(F)c(C(=O)N[C@H]2C[C@H](C(=O)NC3Cc4ccccc4C3)C[C@@H]2O)c1. The Morgan fingerprint density at radius 3 is 2.41 bits per heavy atom. The Balaban J connectivity index is 1.34. The zero-order valence-electron chi connectivity index (χ0n) is 16.3. The van der Waals surface area contributed by atoms with E-state index in [0.29, 0.717) is 6.42 Å². The molecule has 152 valence electrons. The number of carbonyl (C=O) groups excluding carboxylic acids is 2. The topological polar surface area (TPSA) is 78.4 Å². The van der Waals surface area contributed by atoms with Gasteiger partial charge in [0.25, 0.3) is 5.91 Å². The molecule has 0 spiro atoms. The molecule has 2 aromatic carbocycles. The summed E-state index contributed by atoms with van der Waals surface area (Å²) in [7, 11) is 0. The third kappa shape index (κ3) is 4.17. The summed E-state index contributed by atoms with van der Waals surface area (Å²) in [5.74, 6) is -1.64. The Labute approximate surface area is 169 Å². The van der Waals surface area contributed by atoms with Crippen molar-refractivity contribution in [3.8, 4) is 0 Å². The van der Waals surface area contributed by atoms with Crippen molar-refractivity contribution in [1.82, 2.24) is 10.6 Å². The first-order valence-electron chi connectivity index (χ1n) is 10.0. The van der Waals surface area contributed by atoms with E-state index in [1.807, 2.05) is 12.1 Å². The molecule has 2 aromatic rings. The summed E-state index contributed by atoms with van der Waals surface area (Å²) in [6.07, 6.45) is 1.41. The fourth-order valence-corrected chi connectivity index (χ4v) is 4.42. The van der Waals surface area contributed by atoms with Crippen LogP contribution in [0, 0.1) is 18.7 Å². The van der Waals surface area contributed by atoms with Crippen molar-refractivity contribution in [2.75, 3.05) is 0 Å². The predicted molar refractivity (Wildman–Crippen MR) is 107 cm³/mol. The number of halogens is 1. The summed E-state index contributed by atoms with van der Waals surface area (Å²) in [4.78, 5) is 25.1. The van der Waals surface area contributed by atoms with Gasteiger partial charge in [-0.1, -0.05) is 35.9 Å². The lowest BCUT2D eigenvalue weighted by Crippen LogP contribution is -2.41. The Kier molecular flexibility index (Phi) is 5.37. The van der Waals surface area contributed by atoms with E-state index in [9.17, 15) is 19.1 Å². The molecule has 0 saturated heterocycles. The molecule has 4 rings (SSSR count). The lowest BCUT2D eigenvalue weighted by molar-refractivity contribution is -0.125. The molecule has 29 heavy (non-hydrogen) atoms. The lowest BCUT2D eigenvalue weighted by Gasteiger charge is -2.17. The van der Waals surface area contributed by atoms with Crippen LogP contribution in [-0.4, -0.2) is 35.1 Å². The highest BCUT2D eigenvalue weighted by Gasteiger charge is 2.39. The second kappa shape index (κ2) is 7.95. The first kappa shape index (κ1) is 19.6. The number of amides is 2. The van der Waals surface area contributed by atoms with Gasteiger partial charge >= 0.3 is 0 Å². The van der Waals surface area contributed by atoms with Gasteiger partial charge in [-0.2, -0.15) is 0 Å². The average Bonchev–Trinajstić information content (AvgIpc) is 3.26. The molecule has 1 saturated carbocycles. The van der Waals surface area contributed by atoms with E-state index < -0.39 is 23.9 Å². The normalized spacial score (nSPS) is 23.6. The number of aliphatic hydroxyl groups excluding tert-OH is 1. The molecule has 2 amide bonds. The number of aryl methyl sites for hydroxylation is 1. The van der Waals surface area contributed by atoms with E-state index in [1.165, 1.54) is 23.3 Å². The fourth-order valence-electron chi connectivity index (χ4n) is 4.42. The van der Waals surface area contributed by atoms with Crippen LogP contribution in [0.2, 0.25) is 0 Å². The number of carbonyl (C=O) groups is 2. The molecule has 0 aromatic heterocycles. The van der Waals surface area contributed by atoms with Crippen LogP contribution in [0.15, 0.2) is 42.5 Å². The molecule has 2 aliphatic carbocycles. The number of hydrogen-bond donors (Lipinski definition) is 3. The quantitative estimate of drug-likeness (QED) is 0.742. The van der Waals surface area contributed by atoms with Gasteiger partial charge in [-0.25, -0.2) is 4.39 Å². The van der Waals surface area contributed by atoms with Crippen molar-refractivity contribution in [2.24, 2.45) is 5.92 Å². The monoisotopic (exact) mass is 396 g/mol. The van der Waals surface area contributed by atoms with Gasteiger partial charge < -0.3 is 15.7 Å². The summed E-state index contributed by atoms with van der Waals surface area (Å²) in [6, 6.07) is 12.0. The standard InChI is InChI=1S/C23H25FN2O3/c1-13-6-7-19(24)18(8-13)23(29)26-20-11-16(12-21(20)27)22(28)25-17-9-14-4-2-3-5-15(14)10-17/h2-8,16-17,20-21,27H,9-12H2,1H3,(H,25,28)(H,26,29)/t16-,20-,21-/m0/s1. The highest BCUT2D eigenvalue weighted by Crippen LogP contribution is 2.28. The number of hydrogen-bond acceptors (Lipinski definition) is 3. The summed E-state index contributed by atoms with van der Waals surface area (Å²) in [5, 5.41) is 16.1. The van der Waals surface area contributed by atoms with E-state index in [2.05, 4.69) is 22.8 Å². The van der Waals surface area contributed by atoms with E-state index in [1.54, 1.807) is 13.0 Å². The van der Waals surface area contributed by atoms with Gasteiger partial charge in [-0.15, -0.1) is 0 Å². The van der Waals surface area contributed by atoms with Gasteiger partial charge in [-0.05, 0) is 55.9 Å². The van der Waals surface area contributed by atoms with Crippen molar-refractivity contribution in [1.29, 1.82) is 0 Å². The van der Waals surface area contributed by atoms with Crippen LogP contribution < -0.4 is 10.6 Å². The van der Waals surface area contributed by atoms with Gasteiger partial charge in [0.05, 0.1) is 17.7 Å². The van der Waals surface area contributed by atoms with Crippen LogP contribution >= 0.6 is 0 Å². The third-order valence-electron chi connectivity index (χ3n) is 5.98. The van der Waals surface area contributed by atoms with Crippen molar-refractivity contribution in [2.45, 2.75) is 50.8 Å². The zero-order chi connectivity index (χ0) is 20.5. The Hall–Kier alpha value is -2.73. The van der Waals surface area contributed by atoms with Gasteiger partial charge in [0.15, 0.2) is 0 Å². The molecule has 0 unspecified atom stereocenters. The highest BCUT2D eigenvalue weighted by molar-refractivity contribution is 5.95. The van der Waals surface area contributed by atoms with E-state index in [-0.39, 0.29) is 29.9 Å². The van der Waals surface area contributed by atoms with Gasteiger partial charge in [0.1, 0.15) is 5.82 Å². The maximum atomic E-state index is 13.9. The number of nitrogens with one attached hydrogen (secondary N) is 2. The minimum atomic E-state index is -0.830. The van der Waals surface area contributed by atoms with Crippen LogP contribution in [0.3, 0.4) is 0 Å². The molecule has 0 heterocycles. The fraction of sp³-hybridized carbons (Fsp3) is 0.391. The minimum absolute atomic E-state index is 0.0474. The van der Waals surface area contributed by atoms with Crippen LogP contribution in [0.4, 0.5) is 4.39 Å². The molecule has 0 bridgehead atoms. The van der Waals surface area contributed by atoms with Crippen molar-refractivity contribution >= 4 is 11.8 Å².